The van der Waals surface area contributed by atoms with Gasteiger partial charge in [0.05, 0.1) is 6.10 Å². The zero-order valence-electron chi connectivity index (χ0n) is 18.1. The SMILES string of the molecule is COCC(=O)[C@H]1[C@H](C)C[C@@H]2[C@]1(C)C[C@H](O)[C@]1(F)[C@@]3(C)C=CC(=O)C=C3CC[C@@]21C. The normalized spacial score (nSPS) is 51.1. The van der Waals surface area contributed by atoms with Crippen LogP contribution in [0.5, 0.6) is 0 Å². The number of hydrogen-bond acceptors (Lipinski definition) is 4. The van der Waals surface area contributed by atoms with Gasteiger partial charge in [0.15, 0.2) is 17.2 Å². The van der Waals surface area contributed by atoms with E-state index < -0.39 is 28.0 Å². The van der Waals surface area contributed by atoms with Crippen molar-refractivity contribution < 1.29 is 23.8 Å². The van der Waals surface area contributed by atoms with Gasteiger partial charge in [-0.1, -0.05) is 32.4 Å². The third-order valence-electron chi connectivity index (χ3n) is 9.24. The van der Waals surface area contributed by atoms with Crippen LogP contribution in [0.2, 0.25) is 0 Å². The summed E-state index contributed by atoms with van der Waals surface area (Å²) in [5.41, 5.74) is -3.36. The molecule has 1 N–H and O–H groups in total. The molecule has 160 valence electrons. The molecule has 3 fully saturated rings. The van der Waals surface area contributed by atoms with Crippen molar-refractivity contribution in [3.8, 4) is 0 Å². The Kier molecular flexibility index (Phi) is 4.57. The first-order chi connectivity index (χ1) is 13.5. The minimum Gasteiger partial charge on any atom is -0.390 e. The number of carbonyl (C=O) groups is 2. The molecule has 3 saturated carbocycles. The molecule has 0 bridgehead atoms. The van der Waals surface area contributed by atoms with E-state index in [2.05, 4.69) is 13.8 Å². The first-order valence-electron chi connectivity index (χ1n) is 10.8. The zero-order chi connectivity index (χ0) is 21.4. The Morgan fingerprint density at radius 3 is 2.69 bits per heavy atom. The summed E-state index contributed by atoms with van der Waals surface area (Å²) < 4.78 is 22.4. The van der Waals surface area contributed by atoms with Crippen LogP contribution in [0, 0.1) is 34.0 Å². The van der Waals surface area contributed by atoms with Gasteiger partial charge >= 0.3 is 0 Å². The van der Waals surface area contributed by atoms with Gasteiger partial charge in [-0.3, -0.25) is 9.59 Å². The van der Waals surface area contributed by atoms with E-state index in [1.807, 2.05) is 13.8 Å². The van der Waals surface area contributed by atoms with Crippen LogP contribution < -0.4 is 0 Å². The predicted molar refractivity (Wildman–Crippen MR) is 108 cm³/mol. The van der Waals surface area contributed by atoms with Gasteiger partial charge in [-0.25, -0.2) is 4.39 Å². The maximum absolute atomic E-state index is 17.3. The number of aliphatic hydroxyl groups is 1. The maximum Gasteiger partial charge on any atom is 0.178 e. The third kappa shape index (κ3) is 2.38. The highest BCUT2D eigenvalue weighted by atomic mass is 19.1. The number of aliphatic hydroxyl groups excluding tert-OH is 1. The van der Waals surface area contributed by atoms with Gasteiger partial charge in [-0.15, -0.1) is 0 Å². The molecular formula is C24H33FO4. The van der Waals surface area contributed by atoms with E-state index in [9.17, 15) is 14.7 Å². The van der Waals surface area contributed by atoms with Crippen molar-refractivity contribution in [3.63, 3.8) is 0 Å². The molecule has 0 unspecified atom stereocenters. The Labute approximate surface area is 172 Å². The molecule has 0 radical (unpaired) electrons. The summed E-state index contributed by atoms with van der Waals surface area (Å²) in [7, 11) is 1.52. The molecule has 4 rings (SSSR count). The van der Waals surface area contributed by atoms with Gasteiger partial charge in [-0.2, -0.15) is 0 Å². The van der Waals surface area contributed by atoms with Gasteiger partial charge < -0.3 is 9.84 Å². The number of methoxy groups -OCH3 is 1. The highest BCUT2D eigenvalue weighted by Crippen LogP contribution is 2.74. The second kappa shape index (κ2) is 6.34. The summed E-state index contributed by atoms with van der Waals surface area (Å²) in [4.78, 5) is 24.9. The van der Waals surface area contributed by atoms with Crippen molar-refractivity contribution in [1.29, 1.82) is 0 Å². The van der Waals surface area contributed by atoms with Crippen LogP contribution in [0.15, 0.2) is 23.8 Å². The molecule has 0 aromatic rings. The number of fused-ring (bicyclic) bond motifs is 5. The van der Waals surface area contributed by atoms with Crippen molar-refractivity contribution in [2.75, 3.05) is 13.7 Å². The van der Waals surface area contributed by atoms with Gasteiger partial charge in [0.25, 0.3) is 0 Å². The molecule has 0 aromatic heterocycles. The maximum atomic E-state index is 17.3. The number of ether oxygens (including phenoxy) is 1. The molecule has 4 nitrogen and oxygen atoms in total. The highest BCUT2D eigenvalue weighted by molar-refractivity contribution is 6.01. The molecule has 4 aliphatic rings. The van der Waals surface area contributed by atoms with Crippen molar-refractivity contribution in [2.24, 2.45) is 34.0 Å². The molecule has 0 aromatic carbocycles. The van der Waals surface area contributed by atoms with E-state index in [1.165, 1.54) is 13.2 Å². The Bertz CT molecular complexity index is 818. The van der Waals surface area contributed by atoms with Crippen molar-refractivity contribution in [3.05, 3.63) is 23.8 Å². The summed E-state index contributed by atoms with van der Waals surface area (Å²) in [6.07, 6.45) is 5.70. The van der Waals surface area contributed by atoms with E-state index in [-0.39, 0.29) is 42.3 Å². The van der Waals surface area contributed by atoms with Gasteiger partial charge in [0.2, 0.25) is 0 Å². The number of ketones is 2. The van der Waals surface area contributed by atoms with Crippen molar-refractivity contribution >= 4 is 11.6 Å². The number of rotatable bonds is 3. The molecule has 0 spiro atoms. The molecule has 5 heteroatoms. The van der Waals surface area contributed by atoms with Crippen LogP contribution in [-0.4, -0.2) is 42.2 Å². The van der Waals surface area contributed by atoms with E-state index in [0.29, 0.717) is 12.8 Å². The molecule has 0 amide bonds. The van der Waals surface area contributed by atoms with E-state index >= 15 is 4.39 Å². The second-order valence-corrected chi connectivity index (χ2v) is 10.6. The summed E-state index contributed by atoms with van der Waals surface area (Å²) in [6, 6.07) is 0. The molecule has 0 saturated heterocycles. The first-order valence-corrected chi connectivity index (χ1v) is 10.8. The molecule has 8 atom stereocenters. The number of halogens is 1. The molecule has 4 aliphatic carbocycles. The topological polar surface area (TPSA) is 63.6 Å². The van der Waals surface area contributed by atoms with Crippen molar-refractivity contribution in [1.82, 2.24) is 0 Å². The van der Waals surface area contributed by atoms with Gasteiger partial charge in [0.1, 0.15) is 6.61 Å². The van der Waals surface area contributed by atoms with Gasteiger partial charge in [-0.05, 0) is 62.0 Å². The minimum absolute atomic E-state index is 0.0198. The van der Waals surface area contributed by atoms with Crippen LogP contribution in [0.25, 0.3) is 0 Å². The van der Waals surface area contributed by atoms with Crippen LogP contribution in [0.3, 0.4) is 0 Å². The average Bonchev–Trinajstić information content (AvgIpc) is 2.91. The van der Waals surface area contributed by atoms with Crippen LogP contribution >= 0.6 is 0 Å². The summed E-state index contributed by atoms with van der Waals surface area (Å²) in [5, 5.41) is 11.4. The zero-order valence-corrected chi connectivity index (χ0v) is 18.1. The van der Waals surface area contributed by atoms with E-state index in [1.54, 1.807) is 12.2 Å². The van der Waals surface area contributed by atoms with Gasteiger partial charge in [0, 0.05) is 23.9 Å². The monoisotopic (exact) mass is 404 g/mol. The van der Waals surface area contributed by atoms with Crippen LogP contribution in [0.1, 0.15) is 53.4 Å². The van der Waals surface area contributed by atoms with Crippen molar-refractivity contribution in [2.45, 2.75) is 65.2 Å². The first kappa shape index (κ1) is 20.9. The third-order valence-corrected chi connectivity index (χ3v) is 9.24. The van der Waals surface area contributed by atoms with E-state index in [4.69, 9.17) is 4.74 Å². The minimum atomic E-state index is -1.88. The summed E-state index contributed by atoms with van der Waals surface area (Å²) in [6.45, 7) is 8.01. The Balaban J connectivity index is 1.83. The molecular weight excluding hydrogens is 371 g/mol. The molecule has 0 heterocycles. The standard InChI is InChI=1S/C24H33FO4/c1-14-10-18-21(2,20(14)17(27)13-29-5)12-19(28)24(25)22(3)9-7-16(26)11-15(22)6-8-23(18,24)4/h7,9,11,14,18-20,28H,6,8,10,12-13H2,1-5H3/t14-,18-,19+,20-,21+,22+,23+,24+/m1/s1. The smallest absolute Gasteiger partial charge is 0.178 e. The lowest BCUT2D eigenvalue weighted by Crippen LogP contribution is -2.71. The largest absolute Gasteiger partial charge is 0.390 e. The fraction of sp³-hybridized carbons (Fsp3) is 0.750. The summed E-state index contributed by atoms with van der Waals surface area (Å²) in [5.74, 6) is -0.199. The Morgan fingerprint density at radius 1 is 1.34 bits per heavy atom. The number of alkyl halides is 1. The molecule has 29 heavy (non-hydrogen) atoms. The quantitative estimate of drug-likeness (QED) is 0.777. The number of carbonyl (C=O) groups excluding carboxylic acids is 2. The lowest BCUT2D eigenvalue weighted by molar-refractivity contribution is -0.240. The average molecular weight is 405 g/mol. The lowest BCUT2D eigenvalue weighted by atomic mass is 9.39. The number of Topliss-reactive ketones (excluding diaryl/α,β-unsaturated/α-hetero) is 1. The van der Waals surface area contributed by atoms with E-state index in [0.717, 1.165) is 12.0 Å². The predicted octanol–water partition coefficient (Wildman–Crippen LogP) is 3.83. The second-order valence-electron chi connectivity index (χ2n) is 10.6. The Morgan fingerprint density at radius 2 is 2.03 bits per heavy atom. The summed E-state index contributed by atoms with van der Waals surface area (Å²) >= 11 is 0. The fourth-order valence-corrected chi connectivity index (χ4v) is 8.11. The number of hydrogen-bond donors (Lipinski definition) is 1. The lowest BCUT2D eigenvalue weighted by Gasteiger charge is -2.67. The Hall–Kier alpha value is -1.33. The van der Waals surface area contributed by atoms with Crippen LogP contribution in [0.4, 0.5) is 4.39 Å². The van der Waals surface area contributed by atoms with Crippen LogP contribution in [-0.2, 0) is 14.3 Å². The molecule has 0 aliphatic heterocycles. The number of allylic oxidation sites excluding steroid dienone is 4. The highest BCUT2D eigenvalue weighted by Gasteiger charge is 2.76. The fourth-order valence-electron chi connectivity index (χ4n) is 8.11.